The van der Waals surface area contributed by atoms with Crippen LogP contribution < -0.4 is 4.74 Å². The van der Waals surface area contributed by atoms with Gasteiger partial charge in [-0.2, -0.15) is 0 Å². The molecule has 6 nitrogen and oxygen atoms in total. The number of aliphatic hydroxyl groups excluding tert-OH is 1. The van der Waals surface area contributed by atoms with Crippen molar-refractivity contribution >= 4 is 5.91 Å². The molecule has 1 saturated carbocycles. The third kappa shape index (κ3) is 5.56. The Morgan fingerprint density at radius 2 is 1.79 bits per heavy atom. The van der Waals surface area contributed by atoms with Crippen LogP contribution in [0.2, 0.25) is 0 Å². The summed E-state index contributed by atoms with van der Waals surface area (Å²) in [6, 6.07) is 11.6. The van der Waals surface area contributed by atoms with Crippen LogP contribution in [0.25, 0.3) is 11.1 Å². The first-order valence-electron chi connectivity index (χ1n) is 12.4. The molecule has 1 aliphatic carbocycles. The minimum Gasteiger partial charge on any atom is -0.477 e. The Bertz CT molecular complexity index is 948. The molecule has 3 fully saturated rings. The molecular formula is C27H35N3O3. The number of ether oxygens (including phenoxy) is 1. The van der Waals surface area contributed by atoms with Crippen molar-refractivity contribution in [3.05, 3.63) is 48.2 Å². The molecule has 0 spiro atoms. The van der Waals surface area contributed by atoms with Gasteiger partial charge in [0.25, 0.3) is 5.91 Å². The first kappa shape index (κ1) is 22.4. The zero-order chi connectivity index (χ0) is 22.8. The van der Waals surface area contributed by atoms with Gasteiger partial charge in [0.1, 0.15) is 0 Å². The normalized spacial score (nSPS) is 23.0. The summed E-state index contributed by atoms with van der Waals surface area (Å²) in [5.41, 5.74) is 3.27. The van der Waals surface area contributed by atoms with E-state index in [1.165, 1.54) is 45.3 Å². The minimum absolute atomic E-state index is 0.0208. The van der Waals surface area contributed by atoms with Crippen molar-refractivity contribution in [3.8, 4) is 17.0 Å². The van der Waals surface area contributed by atoms with Crippen LogP contribution in [0.4, 0.5) is 0 Å². The standard InChI is InChI=1S/C27H35N3O3/c1-27(11-12-27)19-29-13-8-20(9-14-29)18-33-25-7-6-23(16-28-25)21-2-4-22(5-3-21)26(32)30-15-10-24(31)17-30/h2-7,16,20,24,31H,8-15,17-19H2,1H3/t24-/m0/s1. The van der Waals surface area contributed by atoms with Gasteiger partial charge in [0.2, 0.25) is 5.88 Å². The number of hydrogen-bond donors (Lipinski definition) is 1. The molecule has 0 unspecified atom stereocenters. The number of likely N-dealkylation sites (tertiary alicyclic amines) is 2. The lowest BCUT2D eigenvalue weighted by molar-refractivity contribution is 0.0765. The van der Waals surface area contributed by atoms with Crippen LogP contribution in [-0.4, -0.2) is 71.2 Å². The predicted molar refractivity (Wildman–Crippen MR) is 128 cm³/mol. The molecule has 6 heteroatoms. The maximum Gasteiger partial charge on any atom is 0.253 e. The van der Waals surface area contributed by atoms with Crippen molar-refractivity contribution in [3.63, 3.8) is 0 Å². The number of amides is 1. The maximum atomic E-state index is 12.6. The molecule has 0 bridgehead atoms. The first-order valence-corrected chi connectivity index (χ1v) is 12.4. The van der Waals surface area contributed by atoms with E-state index >= 15 is 0 Å². The number of carbonyl (C=O) groups is 1. The van der Waals surface area contributed by atoms with E-state index in [-0.39, 0.29) is 5.91 Å². The van der Waals surface area contributed by atoms with E-state index < -0.39 is 6.10 Å². The van der Waals surface area contributed by atoms with Crippen molar-refractivity contribution in [2.45, 2.75) is 45.1 Å². The minimum atomic E-state index is -0.399. The van der Waals surface area contributed by atoms with Crippen LogP contribution >= 0.6 is 0 Å². The van der Waals surface area contributed by atoms with Gasteiger partial charge in [0, 0.05) is 43.0 Å². The van der Waals surface area contributed by atoms with Crippen LogP contribution in [0.15, 0.2) is 42.6 Å². The van der Waals surface area contributed by atoms with Gasteiger partial charge >= 0.3 is 0 Å². The Labute approximate surface area is 196 Å². The van der Waals surface area contributed by atoms with E-state index in [1.54, 1.807) is 4.90 Å². The van der Waals surface area contributed by atoms with Gasteiger partial charge in [0.05, 0.1) is 12.7 Å². The SMILES string of the molecule is CC1(CN2CCC(COc3ccc(-c4ccc(C(=O)N5CC[C@H](O)C5)cc4)cn3)CC2)CC1. The highest BCUT2D eigenvalue weighted by atomic mass is 16.5. The third-order valence-electron chi connectivity index (χ3n) is 7.54. The van der Waals surface area contributed by atoms with Gasteiger partial charge in [-0.25, -0.2) is 4.98 Å². The largest absolute Gasteiger partial charge is 0.477 e. The van der Waals surface area contributed by atoms with Crippen LogP contribution in [0.3, 0.4) is 0 Å². The predicted octanol–water partition coefficient (Wildman–Crippen LogP) is 3.85. The fraction of sp³-hybridized carbons (Fsp3) is 0.556. The van der Waals surface area contributed by atoms with Gasteiger partial charge in [-0.05, 0) is 80.3 Å². The fourth-order valence-electron chi connectivity index (χ4n) is 4.98. The Balaban J connectivity index is 1.10. The monoisotopic (exact) mass is 449 g/mol. The summed E-state index contributed by atoms with van der Waals surface area (Å²) in [4.78, 5) is 21.4. The second kappa shape index (κ2) is 9.43. The number of hydrogen-bond acceptors (Lipinski definition) is 5. The number of pyridine rings is 1. The molecule has 1 aromatic heterocycles. The fourth-order valence-corrected chi connectivity index (χ4v) is 4.98. The first-order chi connectivity index (χ1) is 16.0. The molecule has 33 heavy (non-hydrogen) atoms. The van der Waals surface area contributed by atoms with Crippen molar-refractivity contribution in [1.82, 2.24) is 14.8 Å². The second-order valence-electron chi connectivity index (χ2n) is 10.5. The molecule has 176 valence electrons. The summed E-state index contributed by atoms with van der Waals surface area (Å²) in [6.07, 6.45) is 7.28. The quantitative estimate of drug-likeness (QED) is 0.696. The summed E-state index contributed by atoms with van der Waals surface area (Å²) >= 11 is 0. The van der Waals surface area contributed by atoms with Crippen LogP contribution in [0.5, 0.6) is 5.88 Å². The molecule has 2 aromatic rings. The highest BCUT2D eigenvalue weighted by Gasteiger charge is 2.39. The summed E-state index contributed by atoms with van der Waals surface area (Å²) < 4.78 is 6.00. The average molecular weight is 450 g/mol. The number of β-amino-alcohol motifs (C(OH)–C–C–N with tert-alkyl or cyclic N) is 1. The molecule has 5 rings (SSSR count). The summed E-state index contributed by atoms with van der Waals surface area (Å²) in [6.45, 7) is 7.82. The number of aliphatic hydroxyl groups is 1. The number of benzene rings is 1. The van der Waals surface area contributed by atoms with Gasteiger partial charge in [-0.1, -0.05) is 19.1 Å². The number of nitrogens with zero attached hydrogens (tertiary/aromatic N) is 3. The summed E-state index contributed by atoms with van der Waals surface area (Å²) in [5.74, 6) is 1.26. The summed E-state index contributed by atoms with van der Waals surface area (Å²) in [7, 11) is 0. The topological polar surface area (TPSA) is 65.9 Å². The van der Waals surface area contributed by atoms with Crippen molar-refractivity contribution in [2.24, 2.45) is 11.3 Å². The zero-order valence-corrected chi connectivity index (χ0v) is 19.6. The molecule has 1 N–H and O–H groups in total. The van der Waals surface area contributed by atoms with Crippen LogP contribution in [0, 0.1) is 11.3 Å². The lowest BCUT2D eigenvalue weighted by atomic mass is 9.96. The van der Waals surface area contributed by atoms with Crippen molar-refractivity contribution in [2.75, 3.05) is 39.3 Å². The van der Waals surface area contributed by atoms with Gasteiger partial charge < -0.3 is 19.6 Å². The molecule has 2 aliphatic heterocycles. The average Bonchev–Trinajstić information content (AvgIpc) is 3.40. The van der Waals surface area contributed by atoms with E-state index in [1.807, 2.05) is 42.6 Å². The molecular weight excluding hydrogens is 414 g/mol. The third-order valence-corrected chi connectivity index (χ3v) is 7.54. The van der Waals surface area contributed by atoms with E-state index in [0.29, 0.717) is 42.3 Å². The molecule has 1 aromatic carbocycles. The number of aromatic nitrogens is 1. The smallest absolute Gasteiger partial charge is 0.253 e. The van der Waals surface area contributed by atoms with E-state index in [2.05, 4.69) is 16.8 Å². The Morgan fingerprint density at radius 3 is 2.39 bits per heavy atom. The second-order valence-corrected chi connectivity index (χ2v) is 10.5. The Morgan fingerprint density at radius 1 is 1.06 bits per heavy atom. The van der Waals surface area contributed by atoms with Crippen LogP contribution in [-0.2, 0) is 0 Å². The van der Waals surface area contributed by atoms with E-state index in [4.69, 9.17) is 4.74 Å². The summed E-state index contributed by atoms with van der Waals surface area (Å²) in [5, 5.41) is 9.66. The molecule has 1 atom stereocenters. The van der Waals surface area contributed by atoms with Crippen LogP contribution in [0.1, 0.15) is 49.4 Å². The highest BCUT2D eigenvalue weighted by Crippen LogP contribution is 2.45. The Kier molecular flexibility index (Phi) is 6.39. The van der Waals surface area contributed by atoms with Crippen molar-refractivity contribution < 1.29 is 14.6 Å². The number of carbonyl (C=O) groups excluding carboxylic acids is 1. The molecule has 1 amide bonds. The van der Waals surface area contributed by atoms with E-state index in [0.717, 1.165) is 17.7 Å². The van der Waals surface area contributed by atoms with Gasteiger partial charge in [-0.15, -0.1) is 0 Å². The lowest BCUT2D eigenvalue weighted by Crippen LogP contribution is -2.38. The molecule has 0 radical (unpaired) electrons. The highest BCUT2D eigenvalue weighted by molar-refractivity contribution is 5.94. The molecule has 3 heterocycles. The Hall–Kier alpha value is -2.44. The number of rotatable bonds is 7. The van der Waals surface area contributed by atoms with E-state index in [9.17, 15) is 9.90 Å². The molecule has 2 saturated heterocycles. The molecule has 3 aliphatic rings. The number of piperidine rings is 1. The maximum absolute atomic E-state index is 12.6. The van der Waals surface area contributed by atoms with Crippen molar-refractivity contribution in [1.29, 1.82) is 0 Å². The zero-order valence-electron chi connectivity index (χ0n) is 19.6. The van der Waals surface area contributed by atoms with Gasteiger partial charge in [-0.3, -0.25) is 4.79 Å². The van der Waals surface area contributed by atoms with Gasteiger partial charge in [0.15, 0.2) is 0 Å². The lowest BCUT2D eigenvalue weighted by Gasteiger charge is -2.33.